The van der Waals surface area contributed by atoms with Crippen molar-refractivity contribution >= 4 is 15.9 Å². The van der Waals surface area contributed by atoms with Crippen LogP contribution in [-0.2, 0) is 6.42 Å². The molecule has 1 aromatic rings. The van der Waals surface area contributed by atoms with Crippen LogP contribution in [0.25, 0.3) is 0 Å². The van der Waals surface area contributed by atoms with Crippen LogP contribution in [0.1, 0.15) is 52.0 Å². The smallest absolute Gasteiger partial charge is 0.122 e. The molecule has 0 amide bonds. The molecule has 0 bridgehead atoms. The molecule has 0 aromatic heterocycles. The van der Waals surface area contributed by atoms with E-state index >= 15 is 0 Å². The van der Waals surface area contributed by atoms with E-state index in [1.54, 1.807) is 7.11 Å². The molecule has 0 radical (unpaired) electrons. The van der Waals surface area contributed by atoms with E-state index < -0.39 is 0 Å². The first-order valence-corrected chi connectivity index (χ1v) is 9.01. The molecule has 1 N–H and O–H groups in total. The third-order valence-electron chi connectivity index (χ3n) is 4.17. The molecule has 0 heterocycles. The van der Waals surface area contributed by atoms with Gasteiger partial charge in [-0.05, 0) is 49.1 Å². The van der Waals surface area contributed by atoms with Gasteiger partial charge < -0.3 is 10.1 Å². The molecule has 3 heteroatoms. The maximum absolute atomic E-state index is 5.53. The first-order chi connectivity index (χ1) is 10.2. The van der Waals surface area contributed by atoms with Gasteiger partial charge in [-0.15, -0.1) is 0 Å². The molecule has 0 aliphatic rings. The standard InChI is InChI=1S/C18H30BrNO/c1-5-8-9-14(6-2)17(20-7-3)13-15-12-16(19)10-11-18(15)21-4/h10-12,14,17,20H,5-9,13H2,1-4H3. The van der Waals surface area contributed by atoms with Crippen molar-refractivity contribution in [3.05, 3.63) is 28.2 Å². The minimum atomic E-state index is 0.523. The largest absolute Gasteiger partial charge is 0.496 e. The highest BCUT2D eigenvalue weighted by Crippen LogP contribution is 2.27. The normalized spacial score (nSPS) is 14.0. The number of methoxy groups -OCH3 is 1. The first-order valence-electron chi connectivity index (χ1n) is 8.21. The zero-order chi connectivity index (χ0) is 15.7. The Morgan fingerprint density at radius 3 is 2.57 bits per heavy atom. The Balaban J connectivity index is 2.88. The van der Waals surface area contributed by atoms with Crippen LogP contribution >= 0.6 is 15.9 Å². The number of hydrogen-bond acceptors (Lipinski definition) is 2. The van der Waals surface area contributed by atoms with Crippen LogP contribution in [0.3, 0.4) is 0 Å². The zero-order valence-corrected chi connectivity index (χ0v) is 15.5. The predicted octanol–water partition coefficient (Wildman–Crippen LogP) is 5.19. The Morgan fingerprint density at radius 2 is 2.00 bits per heavy atom. The van der Waals surface area contributed by atoms with E-state index in [0.29, 0.717) is 6.04 Å². The molecular weight excluding hydrogens is 326 g/mol. The molecule has 0 saturated carbocycles. The first kappa shape index (κ1) is 18.5. The van der Waals surface area contributed by atoms with Gasteiger partial charge in [0.05, 0.1) is 7.11 Å². The van der Waals surface area contributed by atoms with Crippen LogP contribution in [0.5, 0.6) is 5.75 Å². The summed E-state index contributed by atoms with van der Waals surface area (Å²) in [5.41, 5.74) is 1.28. The molecule has 0 spiro atoms. The highest BCUT2D eigenvalue weighted by atomic mass is 79.9. The number of unbranched alkanes of at least 4 members (excludes halogenated alkanes) is 1. The average Bonchev–Trinajstić information content (AvgIpc) is 2.48. The summed E-state index contributed by atoms with van der Waals surface area (Å²) in [6.45, 7) is 7.79. The number of benzene rings is 1. The Bertz CT molecular complexity index is 408. The molecule has 2 nitrogen and oxygen atoms in total. The molecule has 2 atom stereocenters. The summed E-state index contributed by atoms with van der Waals surface area (Å²) in [5, 5.41) is 3.69. The zero-order valence-electron chi connectivity index (χ0n) is 13.9. The van der Waals surface area contributed by atoms with Crippen LogP contribution in [0.2, 0.25) is 0 Å². The van der Waals surface area contributed by atoms with E-state index in [1.165, 1.54) is 31.2 Å². The molecular formula is C18H30BrNO. The highest BCUT2D eigenvalue weighted by molar-refractivity contribution is 9.10. The topological polar surface area (TPSA) is 21.3 Å². The third kappa shape index (κ3) is 5.99. The molecule has 0 aliphatic heterocycles. The summed E-state index contributed by atoms with van der Waals surface area (Å²) in [5.74, 6) is 1.72. The lowest BCUT2D eigenvalue weighted by atomic mass is 9.87. The van der Waals surface area contributed by atoms with Crippen LogP contribution in [0, 0.1) is 5.92 Å². The molecule has 120 valence electrons. The maximum atomic E-state index is 5.53. The van der Waals surface area contributed by atoms with Crippen molar-refractivity contribution in [3.8, 4) is 5.75 Å². The van der Waals surface area contributed by atoms with Crippen LogP contribution in [-0.4, -0.2) is 19.7 Å². The summed E-state index contributed by atoms with van der Waals surface area (Å²) in [4.78, 5) is 0. The van der Waals surface area contributed by atoms with Crippen molar-refractivity contribution in [2.24, 2.45) is 5.92 Å². The highest BCUT2D eigenvalue weighted by Gasteiger charge is 2.20. The van der Waals surface area contributed by atoms with E-state index in [1.807, 2.05) is 6.07 Å². The van der Waals surface area contributed by atoms with Gasteiger partial charge in [-0.2, -0.15) is 0 Å². The SMILES string of the molecule is CCCCC(CC)C(Cc1cc(Br)ccc1OC)NCC. The van der Waals surface area contributed by atoms with Gasteiger partial charge in [-0.3, -0.25) is 0 Å². The molecule has 2 unspecified atom stereocenters. The second kappa shape index (κ2) is 10.2. The summed E-state index contributed by atoms with van der Waals surface area (Å²) < 4.78 is 6.65. The van der Waals surface area contributed by atoms with Gasteiger partial charge >= 0.3 is 0 Å². The summed E-state index contributed by atoms with van der Waals surface area (Å²) in [7, 11) is 1.75. The number of hydrogen-bond donors (Lipinski definition) is 1. The maximum Gasteiger partial charge on any atom is 0.122 e. The van der Waals surface area contributed by atoms with Crippen LogP contribution in [0.15, 0.2) is 22.7 Å². The number of rotatable bonds is 10. The van der Waals surface area contributed by atoms with Crippen molar-refractivity contribution in [2.45, 2.75) is 58.9 Å². The minimum Gasteiger partial charge on any atom is -0.496 e. The van der Waals surface area contributed by atoms with Crippen molar-refractivity contribution in [3.63, 3.8) is 0 Å². The summed E-state index contributed by atoms with van der Waals surface area (Å²) in [6, 6.07) is 6.80. The fourth-order valence-electron chi connectivity index (χ4n) is 2.97. The van der Waals surface area contributed by atoms with Crippen molar-refractivity contribution in [2.75, 3.05) is 13.7 Å². The lowest BCUT2D eigenvalue weighted by Crippen LogP contribution is -2.38. The van der Waals surface area contributed by atoms with Crippen molar-refractivity contribution in [1.29, 1.82) is 0 Å². The van der Waals surface area contributed by atoms with E-state index in [0.717, 1.165) is 29.1 Å². The van der Waals surface area contributed by atoms with Gasteiger partial charge in [0.2, 0.25) is 0 Å². The monoisotopic (exact) mass is 355 g/mol. The Hall–Kier alpha value is -0.540. The fraction of sp³-hybridized carbons (Fsp3) is 0.667. The molecule has 21 heavy (non-hydrogen) atoms. The molecule has 1 aromatic carbocycles. The minimum absolute atomic E-state index is 0.523. The second-order valence-corrected chi connectivity index (χ2v) is 6.55. The van der Waals surface area contributed by atoms with Crippen molar-refractivity contribution in [1.82, 2.24) is 5.32 Å². The van der Waals surface area contributed by atoms with Crippen LogP contribution < -0.4 is 10.1 Å². The van der Waals surface area contributed by atoms with Gasteiger partial charge in [0.25, 0.3) is 0 Å². The lowest BCUT2D eigenvalue weighted by molar-refractivity contribution is 0.315. The summed E-state index contributed by atoms with van der Waals surface area (Å²) >= 11 is 3.57. The molecule has 0 fully saturated rings. The van der Waals surface area contributed by atoms with E-state index in [-0.39, 0.29) is 0 Å². The number of nitrogens with one attached hydrogen (secondary N) is 1. The van der Waals surface area contributed by atoms with E-state index in [9.17, 15) is 0 Å². The van der Waals surface area contributed by atoms with E-state index in [2.05, 4.69) is 54.2 Å². The van der Waals surface area contributed by atoms with Gasteiger partial charge in [0.1, 0.15) is 5.75 Å². The third-order valence-corrected chi connectivity index (χ3v) is 4.66. The van der Waals surface area contributed by atoms with Crippen molar-refractivity contribution < 1.29 is 4.74 Å². The Morgan fingerprint density at radius 1 is 1.24 bits per heavy atom. The Labute approximate surface area is 138 Å². The molecule has 0 saturated heterocycles. The van der Waals surface area contributed by atoms with Gasteiger partial charge in [-0.25, -0.2) is 0 Å². The van der Waals surface area contributed by atoms with Gasteiger partial charge in [0, 0.05) is 10.5 Å². The van der Waals surface area contributed by atoms with E-state index in [4.69, 9.17) is 4.74 Å². The van der Waals surface area contributed by atoms with Gasteiger partial charge in [0.15, 0.2) is 0 Å². The quantitative estimate of drug-likeness (QED) is 0.623. The van der Waals surface area contributed by atoms with Crippen LogP contribution in [0.4, 0.5) is 0 Å². The number of likely N-dealkylation sites (N-methyl/N-ethyl adjacent to an activating group) is 1. The summed E-state index contributed by atoms with van der Waals surface area (Å²) in [6.07, 6.45) is 6.15. The fourth-order valence-corrected chi connectivity index (χ4v) is 3.38. The molecule has 0 aliphatic carbocycles. The van der Waals surface area contributed by atoms with Gasteiger partial charge in [-0.1, -0.05) is 56.0 Å². The Kier molecular flexibility index (Phi) is 9.02. The predicted molar refractivity (Wildman–Crippen MR) is 95.2 cm³/mol. The number of ether oxygens (including phenoxy) is 1. The average molecular weight is 356 g/mol. The second-order valence-electron chi connectivity index (χ2n) is 5.64. The number of halogens is 1. The lowest BCUT2D eigenvalue weighted by Gasteiger charge is -2.28. The molecule has 1 rings (SSSR count).